The lowest BCUT2D eigenvalue weighted by molar-refractivity contribution is 0.316. The minimum absolute atomic E-state index is 0.412. The zero-order chi connectivity index (χ0) is 12.0. The van der Waals surface area contributed by atoms with Crippen LogP contribution in [0.2, 0.25) is 0 Å². The summed E-state index contributed by atoms with van der Waals surface area (Å²) < 4.78 is 4.31. The highest BCUT2D eigenvalue weighted by molar-refractivity contribution is 7.09. The van der Waals surface area contributed by atoms with Crippen molar-refractivity contribution >= 4 is 16.7 Å². The van der Waals surface area contributed by atoms with E-state index in [0.717, 1.165) is 37.1 Å². The Kier molecular flexibility index (Phi) is 5.69. The SMILES string of the molecule is CCN(CC)CCNc1nc(C(C)C)ns1. The lowest BCUT2D eigenvalue weighted by Crippen LogP contribution is -2.28. The first-order valence-electron chi connectivity index (χ1n) is 5.97. The predicted octanol–water partition coefficient (Wildman–Crippen LogP) is 2.42. The average Bonchev–Trinajstić information content (AvgIpc) is 2.73. The monoisotopic (exact) mass is 242 g/mol. The van der Waals surface area contributed by atoms with Crippen LogP contribution in [0.1, 0.15) is 39.4 Å². The molecule has 1 heterocycles. The molecule has 0 aliphatic carbocycles. The maximum absolute atomic E-state index is 4.44. The summed E-state index contributed by atoms with van der Waals surface area (Å²) in [5.41, 5.74) is 0. The topological polar surface area (TPSA) is 41.0 Å². The summed E-state index contributed by atoms with van der Waals surface area (Å²) in [6.45, 7) is 12.8. The smallest absolute Gasteiger partial charge is 0.202 e. The first kappa shape index (κ1) is 13.4. The van der Waals surface area contributed by atoms with Crippen LogP contribution in [0.25, 0.3) is 0 Å². The molecule has 0 aromatic carbocycles. The van der Waals surface area contributed by atoms with Crippen molar-refractivity contribution in [3.05, 3.63) is 5.82 Å². The van der Waals surface area contributed by atoms with Crippen LogP contribution in [-0.2, 0) is 0 Å². The van der Waals surface area contributed by atoms with Gasteiger partial charge in [-0.2, -0.15) is 4.37 Å². The van der Waals surface area contributed by atoms with Crippen molar-refractivity contribution in [2.75, 3.05) is 31.5 Å². The molecule has 4 nitrogen and oxygen atoms in total. The number of hydrogen-bond donors (Lipinski definition) is 1. The summed E-state index contributed by atoms with van der Waals surface area (Å²) >= 11 is 1.45. The van der Waals surface area contributed by atoms with E-state index in [-0.39, 0.29) is 0 Å². The summed E-state index contributed by atoms with van der Waals surface area (Å²) in [4.78, 5) is 6.82. The van der Waals surface area contributed by atoms with Crippen LogP contribution in [0.5, 0.6) is 0 Å². The molecular weight excluding hydrogens is 220 g/mol. The Morgan fingerprint density at radius 3 is 2.50 bits per heavy atom. The van der Waals surface area contributed by atoms with E-state index in [2.05, 4.69) is 47.3 Å². The molecular formula is C11H22N4S. The van der Waals surface area contributed by atoms with Gasteiger partial charge in [0.25, 0.3) is 0 Å². The maximum atomic E-state index is 4.44. The summed E-state index contributed by atoms with van der Waals surface area (Å²) in [5, 5.41) is 4.26. The van der Waals surface area contributed by atoms with Crippen molar-refractivity contribution in [1.29, 1.82) is 0 Å². The highest BCUT2D eigenvalue weighted by Gasteiger charge is 2.07. The summed E-state index contributed by atoms with van der Waals surface area (Å²) in [7, 11) is 0. The Balaban J connectivity index is 2.31. The highest BCUT2D eigenvalue weighted by atomic mass is 32.1. The van der Waals surface area contributed by atoms with E-state index in [1.54, 1.807) is 0 Å². The van der Waals surface area contributed by atoms with E-state index in [1.807, 2.05) is 0 Å². The third-order valence-electron chi connectivity index (χ3n) is 2.56. The average molecular weight is 242 g/mol. The van der Waals surface area contributed by atoms with Crippen molar-refractivity contribution in [2.45, 2.75) is 33.6 Å². The Morgan fingerprint density at radius 2 is 2.00 bits per heavy atom. The van der Waals surface area contributed by atoms with Crippen molar-refractivity contribution in [2.24, 2.45) is 0 Å². The number of nitrogens with zero attached hydrogens (tertiary/aromatic N) is 3. The van der Waals surface area contributed by atoms with Crippen LogP contribution in [0.3, 0.4) is 0 Å². The second-order valence-corrected chi connectivity index (χ2v) is 4.82. The maximum Gasteiger partial charge on any atom is 0.202 e. The van der Waals surface area contributed by atoms with E-state index in [1.165, 1.54) is 11.5 Å². The quantitative estimate of drug-likeness (QED) is 0.797. The zero-order valence-corrected chi connectivity index (χ0v) is 11.5. The van der Waals surface area contributed by atoms with Crippen LogP contribution >= 0.6 is 11.5 Å². The fourth-order valence-electron chi connectivity index (χ4n) is 1.40. The molecule has 0 aliphatic rings. The van der Waals surface area contributed by atoms with Gasteiger partial charge in [-0.1, -0.05) is 27.7 Å². The lowest BCUT2D eigenvalue weighted by atomic mass is 10.2. The molecule has 1 rings (SSSR count). The van der Waals surface area contributed by atoms with Gasteiger partial charge in [-0.25, -0.2) is 4.98 Å². The van der Waals surface area contributed by atoms with E-state index >= 15 is 0 Å². The molecule has 0 bridgehead atoms. The molecule has 0 aliphatic heterocycles. The van der Waals surface area contributed by atoms with Gasteiger partial charge in [-0.3, -0.25) is 0 Å². The Hall–Kier alpha value is -0.680. The minimum Gasteiger partial charge on any atom is -0.359 e. The molecule has 5 heteroatoms. The minimum atomic E-state index is 0.412. The third kappa shape index (κ3) is 4.06. The Labute approximate surface area is 102 Å². The van der Waals surface area contributed by atoms with Gasteiger partial charge in [0.05, 0.1) is 0 Å². The standard InChI is InChI=1S/C11H22N4S/c1-5-15(6-2)8-7-12-11-13-10(9(3)4)14-16-11/h9H,5-8H2,1-4H3,(H,12,13,14). The zero-order valence-electron chi connectivity index (χ0n) is 10.7. The second-order valence-electron chi connectivity index (χ2n) is 4.07. The lowest BCUT2D eigenvalue weighted by Gasteiger charge is -2.17. The Morgan fingerprint density at radius 1 is 1.31 bits per heavy atom. The van der Waals surface area contributed by atoms with E-state index in [4.69, 9.17) is 0 Å². The van der Waals surface area contributed by atoms with E-state index < -0.39 is 0 Å². The summed E-state index contributed by atoms with van der Waals surface area (Å²) in [6, 6.07) is 0. The number of anilines is 1. The van der Waals surface area contributed by atoms with Gasteiger partial charge in [-0.15, -0.1) is 0 Å². The van der Waals surface area contributed by atoms with Gasteiger partial charge in [0.2, 0.25) is 5.13 Å². The molecule has 16 heavy (non-hydrogen) atoms. The normalized spacial score (nSPS) is 11.4. The van der Waals surface area contributed by atoms with Gasteiger partial charge in [0.1, 0.15) is 5.82 Å². The van der Waals surface area contributed by atoms with Crippen molar-refractivity contribution < 1.29 is 0 Å². The van der Waals surface area contributed by atoms with Gasteiger partial charge < -0.3 is 10.2 Å². The number of nitrogens with one attached hydrogen (secondary N) is 1. The molecule has 1 N–H and O–H groups in total. The van der Waals surface area contributed by atoms with Crippen LogP contribution in [0.4, 0.5) is 5.13 Å². The summed E-state index contributed by atoms with van der Waals surface area (Å²) in [5.74, 6) is 1.35. The molecule has 92 valence electrons. The van der Waals surface area contributed by atoms with Crippen LogP contribution in [0, 0.1) is 0 Å². The number of rotatable bonds is 7. The van der Waals surface area contributed by atoms with Crippen LogP contribution < -0.4 is 5.32 Å². The molecule has 0 radical (unpaired) electrons. The predicted molar refractivity (Wildman–Crippen MR) is 70.3 cm³/mol. The molecule has 0 amide bonds. The van der Waals surface area contributed by atoms with E-state index in [0.29, 0.717) is 5.92 Å². The van der Waals surface area contributed by atoms with Crippen molar-refractivity contribution in [1.82, 2.24) is 14.3 Å². The molecule has 0 saturated carbocycles. The first-order chi connectivity index (χ1) is 7.67. The largest absolute Gasteiger partial charge is 0.359 e. The fourth-order valence-corrected chi connectivity index (χ4v) is 2.13. The van der Waals surface area contributed by atoms with Crippen LogP contribution in [-0.4, -0.2) is 40.4 Å². The first-order valence-corrected chi connectivity index (χ1v) is 6.74. The molecule has 1 aromatic heterocycles. The summed E-state index contributed by atoms with van der Waals surface area (Å²) in [6.07, 6.45) is 0. The number of likely N-dealkylation sites (N-methyl/N-ethyl adjacent to an activating group) is 1. The number of aromatic nitrogens is 2. The van der Waals surface area contributed by atoms with Crippen molar-refractivity contribution in [3.63, 3.8) is 0 Å². The van der Waals surface area contributed by atoms with Crippen LogP contribution in [0.15, 0.2) is 0 Å². The van der Waals surface area contributed by atoms with Crippen molar-refractivity contribution in [3.8, 4) is 0 Å². The fraction of sp³-hybridized carbons (Fsp3) is 0.818. The van der Waals surface area contributed by atoms with Gasteiger partial charge >= 0.3 is 0 Å². The molecule has 0 saturated heterocycles. The van der Waals surface area contributed by atoms with Gasteiger partial charge in [0, 0.05) is 30.5 Å². The van der Waals surface area contributed by atoms with Gasteiger partial charge in [0.15, 0.2) is 0 Å². The highest BCUT2D eigenvalue weighted by Crippen LogP contribution is 2.16. The van der Waals surface area contributed by atoms with E-state index in [9.17, 15) is 0 Å². The molecule has 0 unspecified atom stereocenters. The molecule has 0 fully saturated rings. The van der Waals surface area contributed by atoms with Gasteiger partial charge in [-0.05, 0) is 13.1 Å². The second kappa shape index (κ2) is 6.81. The third-order valence-corrected chi connectivity index (χ3v) is 3.24. The number of hydrogen-bond acceptors (Lipinski definition) is 5. The Bertz CT molecular complexity index is 294. The molecule has 0 spiro atoms. The molecule has 0 atom stereocenters. The molecule has 1 aromatic rings.